The number of imidazole rings is 1. The van der Waals surface area contributed by atoms with Crippen LogP contribution in [0.3, 0.4) is 0 Å². The van der Waals surface area contributed by atoms with Crippen LogP contribution in [-0.4, -0.2) is 34.7 Å². The zero-order chi connectivity index (χ0) is 13.6. The minimum absolute atomic E-state index is 0.0164. The summed E-state index contributed by atoms with van der Waals surface area (Å²) in [4.78, 5) is 22.3. The van der Waals surface area contributed by atoms with Crippen LogP contribution in [0.25, 0.3) is 11.2 Å². The number of rotatable bonds is 2. The SMILES string of the molecule is Nc1nc2c(ncn2C2C=CC(I)(CO)C2)c(=O)[nH]1. The molecule has 0 spiro atoms. The highest BCUT2D eigenvalue weighted by atomic mass is 127. The number of aliphatic hydroxyl groups is 1. The second kappa shape index (κ2) is 4.30. The minimum Gasteiger partial charge on any atom is -0.395 e. The number of allylic oxidation sites excluding steroid dienone is 1. The van der Waals surface area contributed by atoms with E-state index in [4.69, 9.17) is 5.73 Å². The number of hydrogen-bond donors (Lipinski definition) is 3. The number of halogens is 1. The Kier molecular flexibility index (Phi) is 2.86. The summed E-state index contributed by atoms with van der Waals surface area (Å²) in [7, 11) is 0. The van der Waals surface area contributed by atoms with Crippen molar-refractivity contribution in [2.45, 2.75) is 15.9 Å². The molecule has 2 unspecified atom stereocenters. The van der Waals surface area contributed by atoms with E-state index in [0.717, 1.165) is 6.42 Å². The number of aromatic amines is 1. The fourth-order valence-electron chi connectivity index (χ4n) is 2.26. The molecule has 1 aliphatic carbocycles. The van der Waals surface area contributed by atoms with Crippen LogP contribution in [-0.2, 0) is 0 Å². The Labute approximate surface area is 121 Å². The lowest BCUT2D eigenvalue weighted by Crippen LogP contribution is -2.22. The topological polar surface area (TPSA) is 110 Å². The molecule has 100 valence electrons. The number of nitrogens with one attached hydrogen (secondary N) is 1. The van der Waals surface area contributed by atoms with Crippen LogP contribution in [0.1, 0.15) is 12.5 Å². The number of H-pyrrole nitrogens is 1. The van der Waals surface area contributed by atoms with Crippen molar-refractivity contribution < 1.29 is 5.11 Å². The van der Waals surface area contributed by atoms with E-state index in [0.29, 0.717) is 5.65 Å². The van der Waals surface area contributed by atoms with Crippen molar-refractivity contribution in [1.82, 2.24) is 19.5 Å². The third-order valence-electron chi connectivity index (χ3n) is 3.24. The molecule has 0 radical (unpaired) electrons. The molecular weight excluding hydrogens is 361 g/mol. The largest absolute Gasteiger partial charge is 0.395 e. The predicted octanol–water partition coefficient (Wildman–Crippen LogP) is 0.369. The summed E-state index contributed by atoms with van der Waals surface area (Å²) in [6.07, 6.45) is 6.27. The van der Waals surface area contributed by atoms with E-state index in [-0.39, 0.29) is 33.1 Å². The van der Waals surface area contributed by atoms with Gasteiger partial charge in [-0.1, -0.05) is 34.7 Å². The average molecular weight is 373 g/mol. The highest BCUT2D eigenvalue weighted by molar-refractivity contribution is 14.1. The van der Waals surface area contributed by atoms with Crippen molar-refractivity contribution in [2.24, 2.45) is 0 Å². The molecule has 3 rings (SSSR count). The molecule has 4 N–H and O–H groups in total. The number of aromatic nitrogens is 4. The van der Waals surface area contributed by atoms with Gasteiger partial charge in [0.25, 0.3) is 5.56 Å². The quantitative estimate of drug-likeness (QED) is 0.400. The summed E-state index contributed by atoms with van der Waals surface area (Å²) < 4.78 is 1.54. The molecule has 8 heteroatoms. The number of nitrogens with two attached hydrogens (primary N) is 1. The average Bonchev–Trinajstić information content (AvgIpc) is 2.94. The van der Waals surface area contributed by atoms with Crippen molar-refractivity contribution >= 4 is 39.7 Å². The molecule has 0 amide bonds. The van der Waals surface area contributed by atoms with Crippen LogP contribution in [0.15, 0.2) is 23.3 Å². The molecule has 1 aliphatic rings. The molecule has 0 saturated carbocycles. The zero-order valence-electron chi connectivity index (χ0n) is 9.88. The van der Waals surface area contributed by atoms with Gasteiger partial charge in [-0.2, -0.15) is 4.98 Å². The van der Waals surface area contributed by atoms with Gasteiger partial charge in [-0.25, -0.2) is 4.98 Å². The van der Waals surface area contributed by atoms with Crippen LogP contribution >= 0.6 is 22.6 Å². The second-order valence-corrected chi connectivity index (χ2v) is 6.75. The van der Waals surface area contributed by atoms with E-state index in [1.54, 1.807) is 6.33 Å². The fourth-order valence-corrected chi connectivity index (χ4v) is 2.92. The maximum Gasteiger partial charge on any atom is 0.280 e. The van der Waals surface area contributed by atoms with Gasteiger partial charge in [-0.15, -0.1) is 0 Å². The molecule has 0 aromatic carbocycles. The Hall–Kier alpha value is -1.42. The number of anilines is 1. The molecular formula is C11H12IN5O2. The lowest BCUT2D eigenvalue weighted by atomic mass is 10.1. The summed E-state index contributed by atoms with van der Waals surface area (Å²) >= 11 is 2.22. The molecule has 19 heavy (non-hydrogen) atoms. The zero-order valence-corrected chi connectivity index (χ0v) is 12.0. The first-order valence-corrected chi connectivity index (χ1v) is 6.82. The number of nitrogens with zero attached hydrogens (tertiary/aromatic N) is 3. The number of hydrogen-bond acceptors (Lipinski definition) is 5. The van der Waals surface area contributed by atoms with Gasteiger partial charge >= 0.3 is 0 Å². The van der Waals surface area contributed by atoms with Crippen molar-refractivity contribution in [3.05, 3.63) is 28.8 Å². The predicted molar refractivity (Wildman–Crippen MR) is 79.2 cm³/mol. The molecule has 2 aromatic heterocycles. The third kappa shape index (κ3) is 2.04. The van der Waals surface area contributed by atoms with Gasteiger partial charge in [0.1, 0.15) is 0 Å². The molecule has 2 atom stereocenters. The minimum atomic E-state index is -0.342. The standard InChI is InChI=1S/C11H12IN5O2/c12-11(4-18)2-1-6(3-11)17-5-14-7-8(17)15-10(13)16-9(7)19/h1-2,5-6,18H,3-4H2,(H3,13,15,16,19). The van der Waals surface area contributed by atoms with E-state index in [2.05, 4.69) is 37.5 Å². The van der Waals surface area contributed by atoms with E-state index >= 15 is 0 Å². The second-order valence-electron chi connectivity index (χ2n) is 4.60. The van der Waals surface area contributed by atoms with Crippen LogP contribution in [0.5, 0.6) is 0 Å². The number of aliphatic hydroxyl groups excluding tert-OH is 1. The summed E-state index contributed by atoms with van der Waals surface area (Å²) in [6, 6.07) is 0.0164. The Balaban J connectivity index is 2.08. The summed E-state index contributed by atoms with van der Waals surface area (Å²) in [5, 5.41) is 9.37. The first kappa shape index (κ1) is 12.6. The van der Waals surface area contributed by atoms with Crippen LogP contribution in [0.4, 0.5) is 5.95 Å². The van der Waals surface area contributed by atoms with E-state index in [1.807, 2.05) is 16.7 Å². The maximum absolute atomic E-state index is 11.7. The van der Waals surface area contributed by atoms with E-state index in [1.165, 1.54) is 0 Å². The molecule has 2 aromatic rings. The van der Waals surface area contributed by atoms with Gasteiger partial charge in [0.2, 0.25) is 5.95 Å². The van der Waals surface area contributed by atoms with Crippen molar-refractivity contribution in [3.8, 4) is 0 Å². The lowest BCUT2D eigenvalue weighted by molar-refractivity contribution is 0.268. The smallest absolute Gasteiger partial charge is 0.280 e. The van der Waals surface area contributed by atoms with Gasteiger partial charge in [0, 0.05) is 0 Å². The van der Waals surface area contributed by atoms with Gasteiger partial charge in [0.15, 0.2) is 11.2 Å². The number of nitrogen functional groups attached to an aromatic ring is 1. The Morgan fingerprint density at radius 1 is 1.68 bits per heavy atom. The van der Waals surface area contributed by atoms with Crippen LogP contribution in [0.2, 0.25) is 0 Å². The Morgan fingerprint density at radius 2 is 2.47 bits per heavy atom. The van der Waals surface area contributed by atoms with Gasteiger partial charge in [-0.3, -0.25) is 9.78 Å². The molecule has 7 nitrogen and oxygen atoms in total. The van der Waals surface area contributed by atoms with Crippen molar-refractivity contribution in [1.29, 1.82) is 0 Å². The van der Waals surface area contributed by atoms with E-state index in [9.17, 15) is 9.90 Å². The number of alkyl halides is 1. The first-order valence-electron chi connectivity index (χ1n) is 5.74. The van der Waals surface area contributed by atoms with Crippen molar-refractivity contribution in [3.63, 3.8) is 0 Å². The van der Waals surface area contributed by atoms with Gasteiger partial charge in [-0.05, 0) is 6.42 Å². The number of fused-ring (bicyclic) bond motifs is 1. The summed E-state index contributed by atoms with van der Waals surface area (Å²) in [6.45, 7) is 0.0728. The highest BCUT2D eigenvalue weighted by Crippen LogP contribution is 2.38. The molecule has 0 aliphatic heterocycles. The summed E-state index contributed by atoms with van der Waals surface area (Å²) in [5.41, 5.74) is 5.96. The molecule has 0 fully saturated rings. The monoisotopic (exact) mass is 373 g/mol. The van der Waals surface area contributed by atoms with Crippen LogP contribution in [0, 0.1) is 0 Å². The van der Waals surface area contributed by atoms with Gasteiger partial charge in [0.05, 0.1) is 22.4 Å². The maximum atomic E-state index is 11.7. The van der Waals surface area contributed by atoms with Crippen molar-refractivity contribution in [2.75, 3.05) is 12.3 Å². The Morgan fingerprint density at radius 3 is 3.16 bits per heavy atom. The van der Waals surface area contributed by atoms with Gasteiger partial charge < -0.3 is 15.4 Å². The highest BCUT2D eigenvalue weighted by Gasteiger charge is 2.33. The Bertz CT molecular complexity index is 721. The molecule has 0 saturated heterocycles. The molecule has 0 bridgehead atoms. The molecule has 2 heterocycles. The lowest BCUT2D eigenvalue weighted by Gasteiger charge is -2.19. The van der Waals surface area contributed by atoms with Crippen LogP contribution < -0.4 is 11.3 Å². The fraction of sp³-hybridized carbons (Fsp3) is 0.364. The van der Waals surface area contributed by atoms with E-state index < -0.39 is 0 Å². The first-order chi connectivity index (χ1) is 9.02. The third-order valence-corrected chi connectivity index (χ3v) is 4.38. The normalized spacial score (nSPS) is 26.3. The summed E-state index contributed by atoms with van der Waals surface area (Å²) in [5.74, 6) is 0.0733.